The van der Waals surface area contributed by atoms with Crippen molar-refractivity contribution in [3.8, 4) is 0 Å². The van der Waals surface area contributed by atoms with E-state index in [9.17, 15) is 4.79 Å². The average Bonchev–Trinajstić information content (AvgIpc) is 2.36. The summed E-state index contributed by atoms with van der Waals surface area (Å²) in [5.41, 5.74) is 18.9. The van der Waals surface area contributed by atoms with Crippen molar-refractivity contribution in [2.75, 3.05) is 22.5 Å². The van der Waals surface area contributed by atoms with Crippen LogP contribution < -0.4 is 22.5 Å². The molecule has 0 aliphatic carbocycles. The highest BCUT2D eigenvalue weighted by atomic mass is 35.5. The van der Waals surface area contributed by atoms with Crippen LogP contribution in [0.5, 0.6) is 0 Å². The number of amides is 1. The number of carbonyl (C=O) groups excluding carboxylic acids is 1. The number of para-hydroxylation sites is 2. The van der Waals surface area contributed by atoms with E-state index >= 15 is 0 Å². The molecule has 2 aromatic carbocycles. The summed E-state index contributed by atoms with van der Waals surface area (Å²) < 4.78 is 0. The summed E-state index contributed by atoms with van der Waals surface area (Å²) in [5, 5.41) is 2.83. The molecule has 1 amide bonds. The van der Waals surface area contributed by atoms with E-state index in [2.05, 4.69) is 5.32 Å². The summed E-state index contributed by atoms with van der Waals surface area (Å²) in [6, 6.07) is 9.88. The van der Waals surface area contributed by atoms with Crippen LogP contribution in [0, 0.1) is 0 Å². The first-order chi connectivity index (χ1) is 8.99. The minimum absolute atomic E-state index is 0.168. The molecule has 6 heteroatoms. The van der Waals surface area contributed by atoms with Crippen molar-refractivity contribution in [2.24, 2.45) is 0 Å². The molecule has 0 fully saturated rings. The Balaban J connectivity index is 2.33. The number of rotatable bonds is 2. The normalized spacial score (nSPS) is 10.2. The van der Waals surface area contributed by atoms with Crippen LogP contribution in [0.15, 0.2) is 36.4 Å². The Morgan fingerprint density at radius 2 is 1.74 bits per heavy atom. The zero-order valence-corrected chi connectivity index (χ0v) is 10.7. The molecule has 0 aliphatic heterocycles. The Labute approximate surface area is 115 Å². The summed E-state index contributed by atoms with van der Waals surface area (Å²) in [6.07, 6.45) is 0. The maximum absolute atomic E-state index is 12.1. The van der Waals surface area contributed by atoms with Gasteiger partial charge in [0, 0.05) is 5.69 Å². The largest absolute Gasteiger partial charge is 0.399 e. The SMILES string of the molecule is Nc1cc(N)c(Cl)c(C(=O)Nc2ccccc2N)c1. The lowest BCUT2D eigenvalue weighted by molar-refractivity contribution is 0.102. The zero-order chi connectivity index (χ0) is 14.0. The van der Waals surface area contributed by atoms with Crippen LogP contribution in [-0.4, -0.2) is 5.91 Å². The van der Waals surface area contributed by atoms with Gasteiger partial charge in [-0.15, -0.1) is 0 Å². The van der Waals surface area contributed by atoms with E-state index in [1.54, 1.807) is 24.3 Å². The Morgan fingerprint density at radius 1 is 1.05 bits per heavy atom. The van der Waals surface area contributed by atoms with Crippen molar-refractivity contribution >= 4 is 40.3 Å². The van der Waals surface area contributed by atoms with Gasteiger partial charge in [-0.05, 0) is 24.3 Å². The van der Waals surface area contributed by atoms with Crippen LogP contribution >= 0.6 is 11.6 Å². The van der Waals surface area contributed by atoms with Gasteiger partial charge in [0.1, 0.15) is 0 Å². The number of carbonyl (C=O) groups is 1. The predicted octanol–water partition coefficient (Wildman–Crippen LogP) is 2.34. The maximum Gasteiger partial charge on any atom is 0.257 e. The zero-order valence-electron chi connectivity index (χ0n) is 9.98. The van der Waals surface area contributed by atoms with Crippen molar-refractivity contribution < 1.29 is 4.79 Å². The van der Waals surface area contributed by atoms with Crippen LogP contribution in [0.1, 0.15) is 10.4 Å². The minimum Gasteiger partial charge on any atom is -0.399 e. The van der Waals surface area contributed by atoms with Crippen molar-refractivity contribution in [2.45, 2.75) is 0 Å². The van der Waals surface area contributed by atoms with Crippen LogP contribution in [0.25, 0.3) is 0 Å². The quantitative estimate of drug-likeness (QED) is 0.631. The molecule has 2 rings (SSSR count). The van der Waals surface area contributed by atoms with Gasteiger partial charge in [-0.3, -0.25) is 4.79 Å². The van der Waals surface area contributed by atoms with E-state index in [0.717, 1.165) is 0 Å². The van der Waals surface area contributed by atoms with Crippen LogP contribution in [0.3, 0.4) is 0 Å². The first-order valence-electron chi connectivity index (χ1n) is 5.49. The molecule has 0 aromatic heterocycles. The molecule has 2 aromatic rings. The van der Waals surface area contributed by atoms with Gasteiger partial charge < -0.3 is 22.5 Å². The highest BCUT2D eigenvalue weighted by Crippen LogP contribution is 2.28. The molecule has 5 nitrogen and oxygen atoms in total. The fourth-order valence-electron chi connectivity index (χ4n) is 1.64. The molecule has 0 bridgehead atoms. The molecular formula is C13H13ClN4O. The standard InChI is InChI=1S/C13H13ClN4O/c14-12-8(5-7(15)6-10(12)17)13(19)18-11-4-2-1-3-9(11)16/h1-6H,15-17H2,(H,18,19). The number of hydrogen-bond donors (Lipinski definition) is 4. The lowest BCUT2D eigenvalue weighted by atomic mass is 10.1. The molecular weight excluding hydrogens is 264 g/mol. The Bertz CT molecular complexity index is 643. The highest BCUT2D eigenvalue weighted by Gasteiger charge is 2.14. The molecule has 0 unspecified atom stereocenters. The van der Waals surface area contributed by atoms with Gasteiger partial charge in [0.15, 0.2) is 0 Å². The number of hydrogen-bond acceptors (Lipinski definition) is 4. The van der Waals surface area contributed by atoms with Crippen molar-refractivity contribution in [3.63, 3.8) is 0 Å². The van der Waals surface area contributed by atoms with E-state index in [-0.39, 0.29) is 16.3 Å². The second kappa shape index (κ2) is 5.07. The monoisotopic (exact) mass is 276 g/mol. The summed E-state index contributed by atoms with van der Waals surface area (Å²) in [4.78, 5) is 12.1. The number of halogens is 1. The average molecular weight is 277 g/mol. The predicted molar refractivity (Wildman–Crippen MR) is 79.1 cm³/mol. The van der Waals surface area contributed by atoms with E-state index in [0.29, 0.717) is 17.1 Å². The van der Waals surface area contributed by atoms with Gasteiger partial charge in [-0.1, -0.05) is 23.7 Å². The fourth-order valence-corrected chi connectivity index (χ4v) is 1.83. The molecule has 0 radical (unpaired) electrons. The number of nitrogens with one attached hydrogen (secondary N) is 1. The lowest BCUT2D eigenvalue weighted by Crippen LogP contribution is -2.14. The summed E-state index contributed by atoms with van der Waals surface area (Å²) in [6.45, 7) is 0. The number of nitrogens with two attached hydrogens (primary N) is 3. The topological polar surface area (TPSA) is 107 Å². The number of benzene rings is 2. The molecule has 0 saturated carbocycles. The summed E-state index contributed by atoms with van der Waals surface area (Å²) in [7, 11) is 0. The Morgan fingerprint density at radius 3 is 2.42 bits per heavy atom. The molecule has 0 spiro atoms. The van der Waals surface area contributed by atoms with Crippen LogP contribution in [0.2, 0.25) is 5.02 Å². The summed E-state index contributed by atoms with van der Waals surface area (Å²) in [5.74, 6) is -0.415. The fraction of sp³-hybridized carbons (Fsp3) is 0. The Hall–Kier alpha value is -2.40. The summed E-state index contributed by atoms with van der Waals surface area (Å²) >= 11 is 5.99. The molecule has 7 N–H and O–H groups in total. The second-order valence-electron chi connectivity index (χ2n) is 4.01. The van der Waals surface area contributed by atoms with E-state index in [1.165, 1.54) is 12.1 Å². The number of nitrogen functional groups attached to an aromatic ring is 3. The molecule has 0 aliphatic rings. The van der Waals surface area contributed by atoms with Gasteiger partial charge in [0.25, 0.3) is 5.91 Å². The maximum atomic E-state index is 12.1. The van der Waals surface area contributed by atoms with Gasteiger partial charge in [-0.25, -0.2) is 0 Å². The molecule has 19 heavy (non-hydrogen) atoms. The second-order valence-corrected chi connectivity index (χ2v) is 4.39. The first kappa shape index (κ1) is 13.0. The minimum atomic E-state index is -0.415. The van der Waals surface area contributed by atoms with Gasteiger partial charge >= 0.3 is 0 Å². The molecule has 0 heterocycles. The molecule has 0 atom stereocenters. The van der Waals surface area contributed by atoms with E-state index < -0.39 is 5.91 Å². The van der Waals surface area contributed by atoms with Gasteiger partial charge in [0.05, 0.1) is 27.6 Å². The van der Waals surface area contributed by atoms with Crippen LogP contribution in [-0.2, 0) is 0 Å². The molecule has 98 valence electrons. The van der Waals surface area contributed by atoms with Crippen molar-refractivity contribution in [3.05, 3.63) is 47.0 Å². The van der Waals surface area contributed by atoms with E-state index in [1.807, 2.05) is 0 Å². The lowest BCUT2D eigenvalue weighted by Gasteiger charge is -2.10. The smallest absolute Gasteiger partial charge is 0.257 e. The first-order valence-corrected chi connectivity index (χ1v) is 5.87. The Kier molecular flexibility index (Phi) is 3.48. The third-order valence-electron chi connectivity index (χ3n) is 2.58. The third-order valence-corrected chi connectivity index (χ3v) is 3.00. The van der Waals surface area contributed by atoms with Crippen molar-refractivity contribution in [1.82, 2.24) is 0 Å². The van der Waals surface area contributed by atoms with Gasteiger partial charge in [-0.2, -0.15) is 0 Å². The van der Waals surface area contributed by atoms with E-state index in [4.69, 9.17) is 28.8 Å². The van der Waals surface area contributed by atoms with Gasteiger partial charge in [0.2, 0.25) is 0 Å². The number of anilines is 4. The van der Waals surface area contributed by atoms with Crippen molar-refractivity contribution in [1.29, 1.82) is 0 Å². The highest BCUT2D eigenvalue weighted by molar-refractivity contribution is 6.37. The third kappa shape index (κ3) is 2.71. The molecule has 0 saturated heterocycles. The van der Waals surface area contributed by atoms with Crippen LogP contribution in [0.4, 0.5) is 22.7 Å².